The lowest BCUT2D eigenvalue weighted by molar-refractivity contribution is 0.411. The molecule has 0 aliphatic carbocycles. The van der Waals surface area contributed by atoms with Gasteiger partial charge in [0.05, 0.1) is 0 Å². The van der Waals surface area contributed by atoms with Crippen molar-refractivity contribution in [2.75, 3.05) is 0 Å². The van der Waals surface area contributed by atoms with E-state index in [-0.39, 0.29) is 6.17 Å². The van der Waals surface area contributed by atoms with Crippen molar-refractivity contribution in [1.82, 2.24) is 10.6 Å². The lowest BCUT2D eigenvalue weighted by atomic mass is 9.94. The Labute approximate surface area is 318 Å². The molecule has 0 radical (unpaired) electrons. The zero-order valence-electron chi connectivity index (χ0n) is 29.9. The zero-order valence-corrected chi connectivity index (χ0v) is 29.9. The summed E-state index contributed by atoms with van der Waals surface area (Å²) in [6.45, 7) is 0. The Morgan fingerprint density at radius 1 is 0.436 bits per heavy atom. The number of nitrogens with one attached hydrogen (secondary N) is 2. The van der Waals surface area contributed by atoms with E-state index in [9.17, 15) is 0 Å². The Kier molecular flexibility index (Phi) is 7.35. The van der Waals surface area contributed by atoms with Gasteiger partial charge in [0.1, 0.15) is 29.3 Å². The van der Waals surface area contributed by atoms with Crippen LogP contribution < -0.4 is 10.6 Å². The number of amidine groups is 1. The third-order valence-electron chi connectivity index (χ3n) is 11.1. The minimum absolute atomic E-state index is 0.227. The highest BCUT2D eigenvalue weighted by Crippen LogP contribution is 2.41. The lowest BCUT2D eigenvalue weighted by Gasteiger charge is -2.33. The number of para-hydroxylation sites is 1. The van der Waals surface area contributed by atoms with Crippen molar-refractivity contribution in [2.24, 2.45) is 4.99 Å². The standard InChI is InChI=1S/C51H35N3O/c1-2-12-32(13-3-1)34-22-24-35(25-23-34)39-30-45(48-43-20-10-11-21-46(43)55-47(48)31-39)51-53-49(38-27-26-33-14-4-5-15-36(33)28-38)52-50(54-51)44-29-37-16-6-7-17-40(37)41-18-8-9-19-42(41)44/h1-31,49,51,53H,(H,52,54). The SMILES string of the molecule is c1ccc(-c2ccc(-c3cc(C4N=C(c5cc6ccccc6c6ccccc56)NC(c5ccc6ccccc6c5)N4)c4c(c3)oc3ccccc34)cc2)cc1. The van der Waals surface area contributed by atoms with Gasteiger partial charge in [0, 0.05) is 21.9 Å². The summed E-state index contributed by atoms with van der Waals surface area (Å²) in [4.78, 5) is 5.60. The minimum Gasteiger partial charge on any atom is -0.456 e. The second-order valence-electron chi connectivity index (χ2n) is 14.4. The highest BCUT2D eigenvalue weighted by atomic mass is 16.3. The maximum atomic E-state index is 6.62. The maximum Gasteiger partial charge on any atom is 0.136 e. The number of benzene rings is 9. The summed E-state index contributed by atoms with van der Waals surface area (Å²) in [7, 11) is 0. The number of fused-ring (bicyclic) bond motifs is 7. The highest BCUT2D eigenvalue weighted by molar-refractivity contribution is 6.19. The second kappa shape index (κ2) is 12.8. The molecule has 2 heterocycles. The average Bonchev–Trinajstić information content (AvgIpc) is 3.64. The summed E-state index contributed by atoms with van der Waals surface area (Å²) in [6.07, 6.45) is -0.626. The van der Waals surface area contributed by atoms with Crippen LogP contribution in [0.3, 0.4) is 0 Å². The summed E-state index contributed by atoms with van der Waals surface area (Å²) in [6, 6.07) is 67.0. The molecule has 260 valence electrons. The van der Waals surface area contributed by atoms with Crippen LogP contribution in [0.4, 0.5) is 0 Å². The average molecular weight is 706 g/mol. The highest BCUT2D eigenvalue weighted by Gasteiger charge is 2.29. The van der Waals surface area contributed by atoms with Crippen molar-refractivity contribution in [3.8, 4) is 22.3 Å². The largest absolute Gasteiger partial charge is 0.456 e. The predicted molar refractivity (Wildman–Crippen MR) is 228 cm³/mol. The number of furan rings is 1. The number of aliphatic imine (C=N–C) groups is 1. The smallest absolute Gasteiger partial charge is 0.136 e. The number of hydrogen-bond acceptors (Lipinski definition) is 4. The molecule has 0 fully saturated rings. The molecule has 2 unspecified atom stereocenters. The van der Waals surface area contributed by atoms with E-state index in [0.29, 0.717) is 0 Å². The van der Waals surface area contributed by atoms with Crippen LogP contribution in [-0.4, -0.2) is 5.84 Å². The first-order chi connectivity index (χ1) is 27.2. The van der Waals surface area contributed by atoms with Crippen molar-refractivity contribution >= 4 is 60.1 Å². The quantitative estimate of drug-likeness (QED) is 0.175. The minimum atomic E-state index is -0.398. The number of nitrogens with zero attached hydrogens (tertiary/aromatic N) is 1. The Morgan fingerprint density at radius 2 is 1.07 bits per heavy atom. The van der Waals surface area contributed by atoms with Crippen LogP contribution in [0.25, 0.3) is 76.5 Å². The number of rotatable bonds is 5. The topological polar surface area (TPSA) is 49.6 Å². The third kappa shape index (κ3) is 5.46. The molecule has 0 bridgehead atoms. The summed E-state index contributed by atoms with van der Waals surface area (Å²) in [5.41, 5.74) is 9.57. The van der Waals surface area contributed by atoms with Gasteiger partial charge in [0.15, 0.2) is 0 Å². The van der Waals surface area contributed by atoms with Gasteiger partial charge >= 0.3 is 0 Å². The van der Waals surface area contributed by atoms with Crippen LogP contribution in [0.2, 0.25) is 0 Å². The molecule has 4 heteroatoms. The fourth-order valence-corrected chi connectivity index (χ4v) is 8.42. The molecule has 1 aromatic heterocycles. The van der Waals surface area contributed by atoms with Crippen molar-refractivity contribution in [2.45, 2.75) is 12.3 Å². The molecule has 2 N–H and O–H groups in total. The zero-order chi connectivity index (χ0) is 36.3. The Hall–Kier alpha value is -7.01. The summed E-state index contributed by atoms with van der Waals surface area (Å²) >= 11 is 0. The molecule has 10 aromatic rings. The van der Waals surface area contributed by atoms with Crippen LogP contribution in [0.5, 0.6) is 0 Å². The van der Waals surface area contributed by atoms with Gasteiger partial charge in [-0.2, -0.15) is 0 Å². The van der Waals surface area contributed by atoms with Crippen molar-refractivity contribution in [3.63, 3.8) is 0 Å². The van der Waals surface area contributed by atoms with E-state index in [4.69, 9.17) is 9.41 Å². The molecular weight excluding hydrogens is 671 g/mol. The van der Waals surface area contributed by atoms with Crippen LogP contribution in [0.1, 0.15) is 29.0 Å². The van der Waals surface area contributed by atoms with Crippen molar-refractivity contribution < 1.29 is 4.42 Å². The maximum absolute atomic E-state index is 6.62. The Bertz CT molecular complexity index is 3110. The van der Waals surface area contributed by atoms with E-state index in [1.165, 1.54) is 38.1 Å². The molecule has 9 aromatic carbocycles. The lowest BCUT2D eigenvalue weighted by Crippen LogP contribution is -2.45. The van der Waals surface area contributed by atoms with E-state index in [0.717, 1.165) is 61.0 Å². The second-order valence-corrected chi connectivity index (χ2v) is 14.4. The van der Waals surface area contributed by atoms with Crippen LogP contribution in [0, 0.1) is 0 Å². The molecule has 1 aliphatic heterocycles. The van der Waals surface area contributed by atoms with Gasteiger partial charge < -0.3 is 9.73 Å². The van der Waals surface area contributed by atoms with Gasteiger partial charge in [0.25, 0.3) is 0 Å². The molecule has 0 saturated heterocycles. The number of hydrogen-bond donors (Lipinski definition) is 2. The van der Waals surface area contributed by atoms with E-state index in [1.54, 1.807) is 0 Å². The Balaban J connectivity index is 1.13. The molecule has 1 aliphatic rings. The van der Waals surface area contributed by atoms with E-state index in [1.807, 2.05) is 6.07 Å². The van der Waals surface area contributed by atoms with E-state index >= 15 is 0 Å². The van der Waals surface area contributed by atoms with Gasteiger partial charge in [-0.05, 0) is 90.5 Å². The summed E-state index contributed by atoms with van der Waals surface area (Å²) in [5.74, 6) is 0.849. The fourth-order valence-electron chi connectivity index (χ4n) is 8.42. The van der Waals surface area contributed by atoms with Gasteiger partial charge in [-0.1, -0.05) is 158 Å². The van der Waals surface area contributed by atoms with Gasteiger partial charge in [-0.25, -0.2) is 4.99 Å². The predicted octanol–water partition coefficient (Wildman–Crippen LogP) is 12.7. The molecule has 0 saturated carbocycles. The third-order valence-corrected chi connectivity index (χ3v) is 11.1. The van der Waals surface area contributed by atoms with E-state index in [2.05, 4.69) is 193 Å². The molecule has 4 nitrogen and oxygen atoms in total. The fraction of sp³-hybridized carbons (Fsp3) is 0.0392. The van der Waals surface area contributed by atoms with Gasteiger partial charge in [-0.3, -0.25) is 5.32 Å². The normalized spacial score (nSPS) is 15.8. The first kappa shape index (κ1) is 31.5. The Morgan fingerprint density at radius 3 is 1.89 bits per heavy atom. The molecule has 0 spiro atoms. The van der Waals surface area contributed by atoms with Gasteiger partial charge in [-0.15, -0.1) is 0 Å². The van der Waals surface area contributed by atoms with Crippen molar-refractivity contribution in [3.05, 3.63) is 205 Å². The summed E-state index contributed by atoms with van der Waals surface area (Å²) in [5, 5.41) is 17.2. The molecule has 0 amide bonds. The first-order valence-electron chi connectivity index (χ1n) is 18.8. The van der Waals surface area contributed by atoms with Crippen molar-refractivity contribution in [1.29, 1.82) is 0 Å². The molecule has 2 atom stereocenters. The monoisotopic (exact) mass is 705 g/mol. The first-order valence-corrected chi connectivity index (χ1v) is 18.8. The molecule has 55 heavy (non-hydrogen) atoms. The van der Waals surface area contributed by atoms with Crippen LogP contribution in [0.15, 0.2) is 197 Å². The molecule has 11 rings (SSSR count). The van der Waals surface area contributed by atoms with Crippen LogP contribution in [-0.2, 0) is 0 Å². The van der Waals surface area contributed by atoms with Crippen LogP contribution >= 0.6 is 0 Å². The summed E-state index contributed by atoms with van der Waals surface area (Å²) < 4.78 is 6.62. The molecular formula is C51H35N3O. The van der Waals surface area contributed by atoms with Gasteiger partial charge in [0.2, 0.25) is 0 Å². The van der Waals surface area contributed by atoms with E-state index < -0.39 is 6.17 Å².